The van der Waals surface area contributed by atoms with Crippen LogP contribution in [0.25, 0.3) is 0 Å². The van der Waals surface area contributed by atoms with E-state index >= 15 is 0 Å². The van der Waals surface area contributed by atoms with E-state index < -0.39 is 11.9 Å². The zero-order chi connectivity index (χ0) is 22.6. The Hall–Kier alpha value is -2.49. The fourth-order valence-corrected chi connectivity index (χ4v) is 3.63. The Labute approximate surface area is 179 Å². The first-order valence-corrected chi connectivity index (χ1v) is 10.5. The summed E-state index contributed by atoms with van der Waals surface area (Å²) in [5, 5.41) is 7.46. The highest BCUT2D eigenvalue weighted by Gasteiger charge is 2.33. The Kier molecular flexibility index (Phi) is 6.98. The smallest absolute Gasteiger partial charge is 0.353 e. The molecular weight excluding hydrogens is 409 g/mol. The molecule has 1 atom stereocenters. The molecule has 0 amide bonds. The maximum Gasteiger partial charge on any atom is 0.433 e. The van der Waals surface area contributed by atoms with Gasteiger partial charge in [0.05, 0.1) is 12.2 Å². The van der Waals surface area contributed by atoms with Crippen molar-refractivity contribution in [1.29, 1.82) is 0 Å². The van der Waals surface area contributed by atoms with E-state index in [1.165, 1.54) is 4.68 Å². The number of alkyl halides is 3. The minimum absolute atomic E-state index is 0.0314. The summed E-state index contributed by atoms with van der Waals surface area (Å²) in [5.74, 6) is -0.0314. The summed E-state index contributed by atoms with van der Waals surface area (Å²) in [4.78, 5) is 22.0. The number of hydrogen-bond acceptors (Lipinski definition) is 6. The highest BCUT2D eigenvalue weighted by Crippen LogP contribution is 2.27. The summed E-state index contributed by atoms with van der Waals surface area (Å²) in [6, 6.07) is 4.29. The van der Waals surface area contributed by atoms with Gasteiger partial charge in [-0.15, -0.1) is 0 Å². The molecule has 1 N–H and O–H groups in total. The van der Waals surface area contributed by atoms with Crippen molar-refractivity contribution >= 4 is 5.95 Å². The summed E-state index contributed by atoms with van der Waals surface area (Å²) >= 11 is 0. The Bertz CT molecular complexity index is 938. The molecule has 3 rings (SSSR count). The van der Waals surface area contributed by atoms with Gasteiger partial charge in [0.25, 0.3) is 5.56 Å². The monoisotopic (exact) mass is 438 g/mol. The molecule has 0 saturated carbocycles. The number of hydrogen-bond donors (Lipinski definition) is 1. The third-order valence-electron chi connectivity index (χ3n) is 5.42. The van der Waals surface area contributed by atoms with Gasteiger partial charge >= 0.3 is 6.18 Å². The first-order valence-electron chi connectivity index (χ1n) is 10.5. The van der Waals surface area contributed by atoms with Crippen LogP contribution < -0.4 is 10.9 Å². The summed E-state index contributed by atoms with van der Waals surface area (Å²) < 4.78 is 40.1. The van der Waals surface area contributed by atoms with Crippen LogP contribution in [0, 0.1) is 0 Å². The summed E-state index contributed by atoms with van der Waals surface area (Å²) in [6.07, 6.45) is -0.392. The average Bonchev–Trinajstić information content (AvgIpc) is 2.71. The van der Waals surface area contributed by atoms with Gasteiger partial charge in [0, 0.05) is 36.8 Å². The number of aromatic nitrogens is 4. The molecule has 3 heterocycles. The largest absolute Gasteiger partial charge is 0.433 e. The van der Waals surface area contributed by atoms with E-state index in [0.717, 1.165) is 43.8 Å². The van der Waals surface area contributed by atoms with Crippen LogP contribution in [0.4, 0.5) is 19.1 Å². The SMILES string of the molecule is CC(C)(C)c1ccc(=O)n(CCN2CCCCC2CNc2nccc(C(F)(F)F)n2)n1. The Balaban J connectivity index is 1.64. The van der Waals surface area contributed by atoms with Crippen molar-refractivity contribution in [3.05, 3.63) is 46.1 Å². The molecule has 0 aliphatic carbocycles. The third-order valence-corrected chi connectivity index (χ3v) is 5.42. The van der Waals surface area contributed by atoms with E-state index in [1.807, 2.05) is 20.8 Å². The molecule has 2 aromatic rings. The van der Waals surface area contributed by atoms with Crippen LogP contribution in [-0.2, 0) is 18.1 Å². The molecule has 1 fully saturated rings. The fraction of sp³-hybridized carbons (Fsp3) is 0.619. The second kappa shape index (κ2) is 9.33. The zero-order valence-electron chi connectivity index (χ0n) is 18.1. The predicted molar refractivity (Wildman–Crippen MR) is 112 cm³/mol. The van der Waals surface area contributed by atoms with E-state index in [4.69, 9.17) is 0 Å². The molecule has 0 bridgehead atoms. The molecule has 2 aromatic heterocycles. The molecule has 10 heteroatoms. The quantitative estimate of drug-likeness (QED) is 0.746. The molecule has 31 heavy (non-hydrogen) atoms. The maximum atomic E-state index is 12.9. The molecule has 0 radical (unpaired) electrons. The van der Waals surface area contributed by atoms with E-state index in [-0.39, 0.29) is 23.0 Å². The number of anilines is 1. The number of rotatable bonds is 6. The normalized spacial score (nSPS) is 18.2. The summed E-state index contributed by atoms with van der Waals surface area (Å²) in [5.41, 5.74) is -0.407. The molecule has 1 unspecified atom stereocenters. The lowest BCUT2D eigenvalue weighted by molar-refractivity contribution is -0.141. The average molecular weight is 438 g/mol. The van der Waals surface area contributed by atoms with Gasteiger partial charge in [-0.25, -0.2) is 14.6 Å². The van der Waals surface area contributed by atoms with Crippen molar-refractivity contribution in [1.82, 2.24) is 24.6 Å². The van der Waals surface area contributed by atoms with Crippen molar-refractivity contribution in [3.8, 4) is 0 Å². The highest BCUT2D eigenvalue weighted by molar-refractivity contribution is 5.26. The first kappa shape index (κ1) is 23.2. The Morgan fingerprint density at radius 1 is 1.10 bits per heavy atom. The molecule has 170 valence electrons. The van der Waals surface area contributed by atoms with Crippen molar-refractivity contribution in [2.45, 2.75) is 64.2 Å². The second-order valence-electron chi connectivity index (χ2n) is 8.86. The van der Waals surface area contributed by atoms with Crippen LogP contribution in [0.5, 0.6) is 0 Å². The van der Waals surface area contributed by atoms with E-state index in [0.29, 0.717) is 19.6 Å². The van der Waals surface area contributed by atoms with E-state index in [2.05, 4.69) is 25.3 Å². The van der Waals surface area contributed by atoms with Gasteiger partial charge < -0.3 is 5.32 Å². The number of likely N-dealkylation sites (tertiary alicyclic amines) is 1. The fourth-order valence-electron chi connectivity index (χ4n) is 3.63. The standard InChI is InChI=1S/C21H29F3N6O/c1-20(2,3)16-7-8-18(31)30(28-16)13-12-29-11-5-4-6-15(29)14-26-19-25-10-9-17(27-19)21(22,23)24/h7-10,15H,4-6,11-14H2,1-3H3,(H,25,26,27). The van der Waals surface area contributed by atoms with Crippen LogP contribution >= 0.6 is 0 Å². The lowest BCUT2D eigenvalue weighted by Crippen LogP contribution is -2.46. The minimum atomic E-state index is -4.50. The molecule has 0 spiro atoms. The maximum absolute atomic E-state index is 12.9. The molecule has 1 saturated heterocycles. The molecule has 1 aliphatic heterocycles. The second-order valence-corrected chi connectivity index (χ2v) is 8.86. The van der Waals surface area contributed by atoms with Gasteiger partial charge in [-0.3, -0.25) is 9.69 Å². The van der Waals surface area contributed by atoms with Crippen molar-refractivity contribution in [2.75, 3.05) is 25.0 Å². The lowest BCUT2D eigenvalue weighted by Gasteiger charge is -2.35. The first-order chi connectivity index (χ1) is 14.5. The summed E-state index contributed by atoms with van der Waals surface area (Å²) in [7, 11) is 0. The third kappa shape index (κ3) is 6.25. The van der Waals surface area contributed by atoms with Gasteiger partial charge in [-0.2, -0.15) is 18.3 Å². The number of piperidine rings is 1. The zero-order valence-corrected chi connectivity index (χ0v) is 18.1. The topological polar surface area (TPSA) is 75.9 Å². The van der Waals surface area contributed by atoms with Gasteiger partial charge in [0.2, 0.25) is 5.95 Å². The molecule has 7 nitrogen and oxygen atoms in total. The van der Waals surface area contributed by atoms with Crippen molar-refractivity contribution in [3.63, 3.8) is 0 Å². The predicted octanol–water partition coefficient (Wildman–Crippen LogP) is 3.32. The van der Waals surface area contributed by atoms with Gasteiger partial charge in [0.1, 0.15) is 5.69 Å². The lowest BCUT2D eigenvalue weighted by atomic mass is 9.92. The van der Waals surface area contributed by atoms with Crippen molar-refractivity contribution < 1.29 is 13.2 Å². The van der Waals surface area contributed by atoms with Gasteiger partial charge in [-0.05, 0) is 31.5 Å². The van der Waals surface area contributed by atoms with Crippen molar-refractivity contribution in [2.24, 2.45) is 0 Å². The van der Waals surface area contributed by atoms with Gasteiger partial charge in [0.15, 0.2) is 0 Å². The van der Waals surface area contributed by atoms with Crippen LogP contribution in [0.3, 0.4) is 0 Å². The van der Waals surface area contributed by atoms with Gasteiger partial charge in [-0.1, -0.05) is 27.2 Å². The summed E-state index contributed by atoms with van der Waals surface area (Å²) in [6.45, 7) is 8.54. The van der Waals surface area contributed by atoms with Crippen LogP contribution in [0.15, 0.2) is 29.2 Å². The Morgan fingerprint density at radius 2 is 1.87 bits per heavy atom. The number of halogens is 3. The Morgan fingerprint density at radius 3 is 2.58 bits per heavy atom. The number of nitrogens with zero attached hydrogens (tertiary/aromatic N) is 5. The van der Waals surface area contributed by atoms with Crippen LogP contribution in [-0.4, -0.2) is 50.3 Å². The van der Waals surface area contributed by atoms with E-state index in [1.54, 1.807) is 12.1 Å². The minimum Gasteiger partial charge on any atom is -0.353 e. The molecule has 1 aliphatic rings. The number of nitrogens with one attached hydrogen (secondary N) is 1. The van der Waals surface area contributed by atoms with Crippen LogP contribution in [0.1, 0.15) is 51.4 Å². The highest BCUT2D eigenvalue weighted by atomic mass is 19.4. The van der Waals surface area contributed by atoms with Crippen LogP contribution in [0.2, 0.25) is 0 Å². The molecule has 0 aromatic carbocycles. The van der Waals surface area contributed by atoms with E-state index in [9.17, 15) is 18.0 Å². The molecular formula is C21H29F3N6O.